The first-order valence-corrected chi connectivity index (χ1v) is 9.00. The van der Waals surface area contributed by atoms with Crippen molar-refractivity contribution in [2.24, 2.45) is 0 Å². The summed E-state index contributed by atoms with van der Waals surface area (Å²) in [6, 6.07) is 6.69. The van der Waals surface area contributed by atoms with E-state index in [1.165, 1.54) is 6.92 Å². The number of nitrogens with one attached hydrogen (secondary N) is 2. The molecule has 146 valence electrons. The van der Waals surface area contributed by atoms with Gasteiger partial charge in [-0.2, -0.15) is 0 Å². The molecule has 3 amide bonds. The Labute approximate surface area is 163 Å². The van der Waals surface area contributed by atoms with Crippen molar-refractivity contribution in [1.82, 2.24) is 15.2 Å². The number of aryl methyl sites for hydroxylation is 2. The van der Waals surface area contributed by atoms with Crippen molar-refractivity contribution in [2.75, 3.05) is 6.54 Å². The minimum Gasteiger partial charge on any atom is -0.355 e. The Morgan fingerprint density at radius 2 is 1.68 bits per heavy atom. The first kappa shape index (κ1) is 19.5. The summed E-state index contributed by atoms with van der Waals surface area (Å²) in [5.41, 5.74) is 2.29. The molecule has 0 unspecified atom stereocenters. The van der Waals surface area contributed by atoms with Gasteiger partial charge in [0.2, 0.25) is 0 Å². The molecule has 0 bridgehead atoms. The molecule has 28 heavy (non-hydrogen) atoms. The zero-order valence-electron chi connectivity index (χ0n) is 16.6. The number of ketones is 2. The van der Waals surface area contributed by atoms with Gasteiger partial charge in [0.25, 0.3) is 5.91 Å². The molecular formula is C21H23N3O4. The summed E-state index contributed by atoms with van der Waals surface area (Å²) in [5.74, 6) is -1.06. The summed E-state index contributed by atoms with van der Waals surface area (Å²) in [4.78, 5) is 53.8. The molecule has 0 saturated carbocycles. The van der Waals surface area contributed by atoms with E-state index in [0.717, 1.165) is 10.5 Å². The number of aromatic nitrogens is 1. The molecular weight excluding hydrogens is 358 g/mol. The number of carbonyl (C=O) groups is 4. The SMILES string of the molecule is CC(=O)c1c(C)[nH]c(C(=O)CN2C(=O)N[C@@](C)(c3ccc(C)cc3)C2=O)c1C. The first-order valence-electron chi connectivity index (χ1n) is 9.00. The predicted octanol–water partition coefficient (Wildman–Crippen LogP) is 2.79. The molecule has 7 nitrogen and oxygen atoms in total. The fraction of sp³-hybridized carbons (Fsp3) is 0.333. The molecule has 2 aromatic rings. The molecule has 2 heterocycles. The highest BCUT2D eigenvalue weighted by atomic mass is 16.2. The molecule has 3 rings (SSSR count). The standard InChI is InChI=1S/C21H23N3O4/c1-11-6-8-15(9-7-11)21(5)19(27)24(20(28)23-21)10-16(26)18-12(2)17(14(4)25)13(3)22-18/h6-9,22H,10H2,1-5H3,(H,23,28)/t21-/m0/s1. The third-order valence-corrected chi connectivity index (χ3v) is 5.27. The van der Waals surface area contributed by atoms with Gasteiger partial charge in [-0.25, -0.2) is 4.79 Å². The van der Waals surface area contributed by atoms with Gasteiger partial charge in [0, 0.05) is 11.3 Å². The van der Waals surface area contributed by atoms with Crippen LogP contribution < -0.4 is 5.32 Å². The number of aromatic amines is 1. The first-order chi connectivity index (χ1) is 13.1. The minimum absolute atomic E-state index is 0.146. The number of benzene rings is 1. The van der Waals surface area contributed by atoms with E-state index in [-0.39, 0.29) is 11.5 Å². The fourth-order valence-electron chi connectivity index (χ4n) is 3.70. The number of urea groups is 1. The van der Waals surface area contributed by atoms with Crippen LogP contribution >= 0.6 is 0 Å². The lowest BCUT2D eigenvalue weighted by Gasteiger charge is -2.22. The van der Waals surface area contributed by atoms with Crippen LogP contribution in [0.3, 0.4) is 0 Å². The number of imide groups is 1. The zero-order valence-corrected chi connectivity index (χ0v) is 16.6. The summed E-state index contributed by atoms with van der Waals surface area (Å²) >= 11 is 0. The Balaban J connectivity index is 1.87. The van der Waals surface area contributed by atoms with Crippen LogP contribution in [-0.4, -0.2) is 39.9 Å². The molecule has 1 aromatic heterocycles. The third kappa shape index (κ3) is 3.02. The summed E-state index contributed by atoms with van der Waals surface area (Å²) in [5, 5.41) is 2.69. The van der Waals surface area contributed by atoms with Crippen LogP contribution in [0.2, 0.25) is 0 Å². The van der Waals surface area contributed by atoms with Gasteiger partial charge in [0.1, 0.15) is 5.54 Å². The maximum absolute atomic E-state index is 13.0. The molecule has 1 aromatic carbocycles. The van der Waals surface area contributed by atoms with Gasteiger partial charge in [0.05, 0.1) is 12.2 Å². The minimum atomic E-state index is -1.23. The molecule has 2 N–H and O–H groups in total. The number of rotatable bonds is 5. The largest absolute Gasteiger partial charge is 0.355 e. The lowest BCUT2D eigenvalue weighted by Crippen LogP contribution is -2.41. The number of hydrogen-bond acceptors (Lipinski definition) is 4. The third-order valence-electron chi connectivity index (χ3n) is 5.27. The maximum atomic E-state index is 13.0. The quantitative estimate of drug-likeness (QED) is 0.614. The lowest BCUT2D eigenvalue weighted by atomic mass is 9.91. The van der Waals surface area contributed by atoms with Gasteiger partial charge < -0.3 is 10.3 Å². The molecule has 0 radical (unpaired) electrons. The monoisotopic (exact) mass is 381 g/mol. The average Bonchev–Trinajstić information content (AvgIpc) is 3.03. The van der Waals surface area contributed by atoms with E-state index in [9.17, 15) is 19.2 Å². The highest BCUT2D eigenvalue weighted by molar-refractivity contribution is 6.12. The van der Waals surface area contributed by atoms with Crippen LogP contribution in [0.15, 0.2) is 24.3 Å². The molecule has 1 aliphatic heterocycles. The Hall–Kier alpha value is -3.22. The Morgan fingerprint density at radius 3 is 2.21 bits per heavy atom. The smallest absolute Gasteiger partial charge is 0.325 e. The predicted molar refractivity (Wildman–Crippen MR) is 103 cm³/mol. The van der Waals surface area contributed by atoms with Crippen LogP contribution in [0.4, 0.5) is 4.79 Å². The average molecular weight is 381 g/mol. The maximum Gasteiger partial charge on any atom is 0.325 e. The molecule has 0 spiro atoms. The number of H-pyrrole nitrogens is 1. The van der Waals surface area contributed by atoms with Crippen molar-refractivity contribution in [3.63, 3.8) is 0 Å². The van der Waals surface area contributed by atoms with Crippen LogP contribution in [0.25, 0.3) is 0 Å². The van der Waals surface area contributed by atoms with E-state index < -0.39 is 29.8 Å². The van der Waals surface area contributed by atoms with Crippen LogP contribution in [0.1, 0.15) is 57.1 Å². The Morgan fingerprint density at radius 1 is 1.07 bits per heavy atom. The van der Waals surface area contributed by atoms with Gasteiger partial charge in [-0.1, -0.05) is 29.8 Å². The number of hydrogen-bond donors (Lipinski definition) is 2. The van der Waals surface area contributed by atoms with Crippen LogP contribution in [0, 0.1) is 20.8 Å². The highest BCUT2D eigenvalue weighted by Crippen LogP contribution is 2.29. The number of nitrogens with zero attached hydrogens (tertiary/aromatic N) is 1. The normalized spacial score (nSPS) is 19.1. The molecule has 1 saturated heterocycles. The number of Topliss-reactive ketones (excluding diaryl/α,β-unsaturated/α-hetero) is 2. The van der Waals surface area contributed by atoms with Crippen molar-refractivity contribution in [1.29, 1.82) is 0 Å². The fourth-order valence-corrected chi connectivity index (χ4v) is 3.70. The van der Waals surface area contributed by atoms with E-state index in [1.807, 2.05) is 19.1 Å². The van der Waals surface area contributed by atoms with E-state index in [2.05, 4.69) is 10.3 Å². The molecule has 1 atom stereocenters. The Kier molecular flexibility index (Phi) is 4.71. The molecule has 1 fully saturated rings. The van der Waals surface area contributed by atoms with Crippen LogP contribution in [0.5, 0.6) is 0 Å². The van der Waals surface area contributed by atoms with Crippen molar-refractivity contribution >= 4 is 23.5 Å². The second-order valence-electron chi connectivity index (χ2n) is 7.42. The van der Waals surface area contributed by atoms with Gasteiger partial charge in [-0.05, 0) is 45.7 Å². The van der Waals surface area contributed by atoms with E-state index in [1.54, 1.807) is 32.9 Å². The topological polar surface area (TPSA) is 99.3 Å². The van der Waals surface area contributed by atoms with Crippen molar-refractivity contribution < 1.29 is 19.2 Å². The summed E-state index contributed by atoms with van der Waals surface area (Å²) in [7, 11) is 0. The van der Waals surface area contributed by atoms with Crippen molar-refractivity contribution in [2.45, 2.75) is 40.2 Å². The number of carbonyl (C=O) groups excluding carboxylic acids is 4. The van der Waals surface area contributed by atoms with Crippen molar-refractivity contribution in [3.8, 4) is 0 Å². The Bertz CT molecular complexity index is 1000. The van der Waals surface area contributed by atoms with Crippen molar-refractivity contribution in [3.05, 3.63) is 57.9 Å². The van der Waals surface area contributed by atoms with E-state index in [4.69, 9.17) is 0 Å². The second-order valence-corrected chi connectivity index (χ2v) is 7.42. The molecule has 1 aliphatic rings. The summed E-state index contributed by atoms with van der Waals surface area (Å²) in [6.07, 6.45) is 0. The molecule has 7 heteroatoms. The van der Waals surface area contributed by atoms with Gasteiger partial charge in [-0.3, -0.25) is 19.3 Å². The van der Waals surface area contributed by atoms with E-state index >= 15 is 0 Å². The zero-order chi connectivity index (χ0) is 20.8. The summed E-state index contributed by atoms with van der Waals surface area (Å²) in [6.45, 7) is 7.98. The second kappa shape index (κ2) is 6.74. The highest BCUT2D eigenvalue weighted by Gasteiger charge is 2.49. The van der Waals surface area contributed by atoms with E-state index in [0.29, 0.717) is 22.4 Å². The summed E-state index contributed by atoms with van der Waals surface area (Å²) < 4.78 is 0. The van der Waals surface area contributed by atoms with Gasteiger partial charge in [-0.15, -0.1) is 0 Å². The van der Waals surface area contributed by atoms with Gasteiger partial charge in [0.15, 0.2) is 11.6 Å². The van der Waals surface area contributed by atoms with Gasteiger partial charge >= 0.3 is 6.03 Å². The molecule has 0 aliphatic carbocycles. The van der Waals surface area contributed by atoms with Crippen LogP contribution in [-0.2, 0) is 10.3 Å². The number of amides is 3. The lowest BCUT2D eigenvalue weighted by molar-refractivity contribution is -0.130.